The zero-order chi connectivity index (χ0) is 16.2. The van der Waals surface area contributed by atoms with Crippen LogP contribution in [-0.2, 0) is 9.59 Å². The maximum Gasteiger partial charge on any atom is 0.573 e. The van der Waals surface area contributed by atoms with Crippen molar-refractivity contribution in [2.45, 2.75) is 26.3 Å². The van der Waals surface area contributed by atoms with E-state index in [9.17, 15) is 27.9 Å². The van der Waals surface area contributed by atoms with E-state index >= 15 is 0 Å². The van der Waals surface area contributed by atoms with Crippen LogP contribution in [0, 0.1) is 0 Å². The third-order valence-electron chi connectivity index (χ3n) is 2.70. The second-order valence-electron chi connectivity index (χ2n) is 4.17. The Labute approximate surface area is 118 Å². The van der Waals surface area contributed by atoms with Gasteiger partial charge in [0.25, 0.3) is 0 Å². The Morgan fingerprint density at radius 1 is 1.38 bits per heavy atom. The molecule has 1 aromatic rings. The molecule has 1 N–H and O–H groups in total. The first-order valence-corrected chi connectivity index (χ1v) is 6.01. The van der Waals surface area contributed by atoms with Crippen LogP contribution in [0.2, 0.25) is 0 Å². The van der Waals surface area contributed by atoms with Crippen LogP contribution in [0.25, 0.3) is 0 Å². The molecule has 5 nitrogen and oxygen atoms in total. The lowest BCUT2D eigenvalue weighted by Gasteiger charge is -2.27. The van der Waals surface area contributed by atoms with Crippen molar-refractivity contribution in [3.8, 4) is 5.75 Å². The molecule has 0 saturated carbocycles. The number of benzene rings is 1. The fourth-order valence-electron chi connectivity index (χ4n) is 1.92. The SMILES string of the molecule is CCN(C(C)=O)C(C(=O)O)c1cccc(OC(F)(F)F)c1. The average molecular weight is 305 g/mol. The zero-order valence-corrected chi connectivity index (χ0v) is 11.3. The molecular weight excluding hydrogens is 291 g/mol. The zero-order valence-electron chi connectivity index (χ0n) is 11.3. The van der Waals surface area contributed by atoms with Gasteiger partial charge in [0.1, 0.15) is 5.75 Å². The molecule has 0 bridgehead atoms. The molecule has 1 aromatic carbocycles. The second-order valence-corrected chi connectivity index (χ2v) is 4.17. The molecule has 0 spiro atoms. The average Bonchev–Trinajstić information content (AvgIpc) is 2.32. The maximum atomic E-state index is 12.2. The maximum absolute atomic E-state index is 12.2. The van der Waals surface area contributed by atoms with Gasteiger partial charge in [-0.2, -0.15) is 0 Å². The molecule has 116 valence electrons. The van der Waals surface area contributed by atoms with E-state index in [1.807, 2.05) is 0 Å². The second kappa shape index (κ2) is 6.47. The first-order valence-electron chi connectivity index (χ1n) is 6.01. The van der Waals surface area contributed by atoms with Gasteiger partial charge in [-0.3, -0.25) is 4.79 Å². The van der Waals surface area contributed by atoms with Gasteiger partial charge in [-0.05, 0) is 24.6 Å². The van der Waals surface area contributed by atoms with E-state index in [0.29, 0.717) is 0 Å². The summed E-state index contributed by atoms with van der Waals surface area (Å²) in [5.74, 6) is -2.37. The number of carbonyl (C=O) groups excluding carboxylic acids is 1. The highest BCUT2D eigenvalue weighted by atomic mass is 19.4. The number of ether oxygens (including phenoxy) is 1. The summed E-state index contributed by atoms with van der Waals surface area (Å²) < 4.78 is 40.3. The number of likely N-dealkylation sites (N-methyl/N-ethyl adjacent to an activating group) is 1. The number of nitrogens with zero attached hydrogens (tertiary/aromatic N) is 1. The summed E-state index contributed by atoms with van der Waals surface area (Å²) in [5.41, 5.74) is 0.0290. The van der Waals surface area contributed by atoms with Gasteiger partial charge < -0.3 is 14.7 Å². The Morgan fingerprint density at radius 3 is 2.43 bits per heavy atom. The van der Waals surface area contributed by atoms with Gasteiger partial charge in [0.2, 0.25) is 5.91 Å². The number of amides is 1. The number of aliphatic carboxylic acids is 1. The molecule has 1 rings (SSSR count). The van der Waals surface area contributed by atoms with Crippen molar-refractivity contribution in [1.29, 1.82) is 0 Å². The Bertz CT molecular complexity index is 530. The number of carboxylic acid groups (broad SMARTS) is 1. The summed E-state index contributed by atoms with van der Waals surface area (Å²) in [4.78, 5) is 23.8. The monoisotopic (exact) mass is 305 g/mol. The molecule has 1 atom stereocenters. The van der Waals surface area contributed by atoms with Crippen LogP contribution in [0.3, 0.4) is 0 Å². The molecule has 0 aliphatic rings. The van der Waals surface area contributed by atoms with Crippen molar-refractivity contribution in [3.05, 3.63) is 29.8 Å². The lowest BCUT2D eigenvalue weighted by atomic mass is 10.0. The Kier molecular flexibility index (Phi) is 5.17. The van der Waals surface area contributed by atoms with Crippen LogP contribution in [0.15, 0.2) is 24.3 Å². The first-order chi connectivity index (χ1) is 9.65. The van der Waals surface area contributed by atoms with Gasteiger partial charge in [-0.15, -0.1) is 13.2 Å². The summed E-state index contributed by atoms with van der Waals surface area (Å²) in [5, 5.41) is 9.24. The highest BCUT2D eigenvalue weighted by Gasteiger charge is 2.32. The molecule has 0 heterocycles. The summed E-state index contributed by atoms with van der Waals surface area (Å²) in [6, 6.07) is 3.20. The van der Waals surface area contributed by atoms with Gasteiger partial charge in [-0.1, -0.05) is 12.1 Å². The van der Waals surface area contributed by atoms with Crippen LogP contribution in [0.1, 0.15) is 25.5 Å². The molecule has 0 aliphatic carbocycles. The molecule has 1 amide bonds. The number of carboxylic acids is 1. The summed E-state index contributed by atoms with van der Waals surface area (Å²) in [6.45, 7) is 2.87. The van der Waals surface area contributed by atoms with Gasteiger partial charge in [-0.25, -0.2) is 4.79 Å². The lowest BCUT2D eigenvalue weighted by Crippen LogP contribution is -2.37. The fourth-order valence-corrected chi connectivity index (χ4v) is 1.92. The lowest BCUT2D eigenvalue weighted by molar-refractivity contribution is -0.274. The number of hydrogen-bond donors (Lipinski definition) is 1. The Morgan fingerprint density at radius 2 is 2.00 bits per heavy atom. The van der Waals surface area contributed by atoms with Crippen molar-refractivity contribution in [2.24, 2.45) is 0 Å². The highest BCUT2D eigenvalue weighted by molar-refractivity contribution is 5.83. The van der Waals surface area contributed by atoms with Crippen LogP contribution in [0.5, 0.6) is 5.75 Å². The molecule has 0 aliphatic heterocycles. The minimum Gasteiger partial charge on any atom is -0.479 e. The van der Waals surface area contributed by atoms with Crippen LogP contribution < -0.4 is 4.74 Å². The summed E-state index contributed by atoms with van der Waals surface area (Å²) in [7, 11) is 0. The van der Waals surface area contributed by atoms with Gasteiger partial charge in [0, 0.05) is 13.5 Å². The molecular formula is C13H14F3NO4. The minimum atomic E-state index is -4.87. The molecule has 0 saturated heterocycles. The van der Waals surface area contributed by atoms with E-state index in [0.717, 1.165) is 17.0 Å². The number of rotatable bonds is 5. The Hall–Kier alpha value is -2.25. The molecule has 0 fully saturated rings. The van der Waals surface area contributed by atoms with E-state index in [1.54, 1.807) is 6.92 Å². The van der Waals surface area contributed by atoms with Crippen molar-refractivity contribution < 1.29 is 32.6 Å². The van der Waals surface area contributed by atoms with E-state index in [2.05, 4.69) is 4.74 Å². The fraction of sp³-hybridized carbons (Fsp3) is 0.385. The summed E-state index contributed by atoms with van der Waals surface area (Å²) >= 11 is 0. The van der Waals surface area contributed by atoms with E-state index in [1.165, 1.54) is 19.1 Å². The third-order valence-corrected chi connectivity index (χ3v) is 2.70. The Balaban J connectivity index is 3.18. The van der Waals surface area contributed by atoms with Crippen LogP contribution >= 0.6 is 0 Å². The molecule has 0 aromatic heterocycles. The van der Waals surface area contributed by atoms with Crippen LogP contribution in [0.4, 0.5) is 13.2 Å². The number of hydrogen-bond acceptors (Lipinski definition) is 3. The van der Waals surface area contributed by atoms with Crippen molar-refractivity contribution in [3.63, 3.8) is 0 Å². The molecule has 0 radical (unpaired) electrons. The van der Waals surface area contributed by atoms with Crippen molar-refractivity contribution in [1.82, 2.24) is 4.90 Å². The normalized spacial score (nSPS) is 12.6. The predicted molar refractivity (Wildman–Crippen MR) is 66.6 cm³/mol. The van der Waals surface area contributed by atoms with E-state index in [-0.39, 0.29) is 12.1 Å². The largest absolute Gasteiger partial charge is 0.573 e. The molecule has 1 unspecified atom stereocenters. The standard InChI is InChI=1S/C13H14F3NO4/c1-3-17(8(2)18)11(12(19)20)9-5-4-6-10(7-9)21-13(14,15)16/h4-7,11H,3H2,1-2H3,(H,19,20). The third kappa shape index (κ3) is 4.66. The highest BCUT2D eigenvalue weighted by Crippen LogP contribution is 2.28. The van der Waals surface area contributed by atoms with Crippen LogP contribution in [-0.4, -0.2) is 34.8 Å². The predicted octanol–water partition coefficient (Wildman–Crippen LogP) is 2.58. The quantitative estimate of drug-likeness (QED) is 0.908. The van der Waals surface area contributed by atoms with E-state index < -0.39 is 30.0 Å². The molecule has 8 heteroatoms. The first kappa shape index (κ1) is 16.8. The number of halogens is 3. The molecule has 21 heavy (non-hydrogen) atoms. The smallest absolute Gasteiger partial charge is 0.479 e. The van der Waals surface area contributed by atoms with E-state index in [4.69, 9.17) is 0 Å². The number of carbonyl (C=O) groups is 2. The topological polar surface area (TPSA) is 66.8 Å². The van der Waals surface area contributed by atoms with Crippen molar-refractivity contribution >= 4 is 11.9 Å². The van der Waals surface area contributed by atoms with Gasteiger partial charge in [0.05, 0.1) is 0 Å². The number of alkyl halides is 3. The van der Waals surface area contributed by atoms with Gasteiger partial charge >= 0.3 is 12.3 Å². The summed E-state index contributed by atoms with van der Waals surface area (Å²) in [6.07, 6.45) is -4.87. The van der Waals surface area contributed by atoms with Crippen molar-refractivity contribution in [2.75, 3.05) is 6.54 Å². The minimum absolute atomic E-state index is 0.0290. The van der Waals surface area contributed by atoms with Gasteiger partial charge in [0.15, 0.2) is 6.04 Å².